The van der Waals surface area contributed by atoms with Crippen LogP contribution in [0.3, 0.4) is 0 Å². The van der Waals surface area contributed by atoms with Gasteiger partial charge in [-0.3, -0.25) is 20.2 Å². The van der Waals surface area contributed by atoms with Gasteiger partial charge in [-0.2, -0.15) is 15.0 Å². The van der Waals surface area contributed by atoms with Crippen molar-refractivity contribution >= 4 is 48.2 Å². The molecule has 178 valence electrons. The number of furan rings is 2. The number of allylic oxidation sites excluding steroid dienone is 2. The average molecular weight is 485 g/mol. The molecule has 0 amide bonds. The molecule has 0 fully saturated rings. The Hall–Kier alpha value is -5.59. The second-order valence-electron chi connectivity index (χ2n) is 6.77. The number of hydrogen-bond donors (Lipinski definition) is 0. The van der Waals surface area contributed by atoms with E-state index >= 15 is 0 Å². The van der Waals surface area contributed by atoms with Gasteiger partial charge in [0.2, 0.25) is 0 Å². The molecule has 0 radical (unpaired) electrons. The summed E-state index contributed by atoms with van der Waals surface area (Å²) >= 11 is 0. The van der Waals surface area contributed by atoms with Crippen LogP contribution in [-0.4, -0.2) is 37.2 Å². The molecule has 0 aliphatic heterocycles. The summed E-state index contributed by atoms with van der Waals surface area (Å²) in [4.78, 5) is 41.4. The van der Waals surface area contributed by atoms with Crippen molar-refractivity contribution in [1.82, 2.24) is 15.0 Å². The first-order valence-corrected chi connectivity index (χ1v) is 10.2. The third-order valence-corrected chi connectivity index (χ3v) is 4.30. The van der Waals surface area contributed by atoms with Gasteiger partial charge in [0, 0.05) is 18.0 Å². The fourth-order valence-electron chi connectivity index (χ4n) is 2.74. The zero-order valence-corrected chi connectivity index (χ0v) is 18.2. The van der Waals surface area contributed by atoms with Gasteiger partial charge in [-0.15, -0.1) is 0 Å². The van der Waals surface area contributed by atoms with E-state index in [0.29, 0.717) is 5.82 Å². The Morgan fingerprint density at radius 1 is 0.694 bits per heavy atom. The fourth-order valence-corrected chi connectivity index (χ4v) is 2.74. The lowest BCUT2D eigenvalue weighted by atomic mass is 10.2. The molecule has 36 heavy (non-hydrogen) atoms. The third-order valence-electron chi connectivity index (χ3n) is 4.30. The van der Waals surface area contributed by atoms with Crippen molar-refractivity contribution in [2.45, 2.75) is 0 Å². The summed E-state index contributed by atoms with van der Waals surface area (Å²) in [6, 6.07) is 14.6. The average Bonchev–Trinajstić information content (AvgIpc) is 3.55. The molecular formula is C23H15N7O6. The molecule has 3 aromatic heterocycles. The van der Waals surface area contributed by atoms with E-state index in [0.717, 1.165) is 5.56 Å². The van der Waals surface area contributed by atoms with Gasteiger partial charge in [-0.05, 0) is 36.4 Å². The van der Waals surface area contributed by atoms with Crippen LogP contribution in [-0.2, 0) is 0 Å². The minimum atomic E-state index is -0.628. The normalized spacial score (nSPS) is 11.9. The molecule has 0 unspecified atom stereocenters. The molecule has 0 saturated carbocycles. The van der Waals surface area contributed by atoms with Gasteiger partial charge in [-0.1, -0.05) is 30.3 Å². The summed E-state index contributed by atoms with van der Waals surface area (Å²) < 4.78 is 10.1. The maximum absolute atomic E-state index is 10.7. The molecule has 0 aliphatic carbocycles. The van der Waals surface area contributed by atoms with Crippen LogP contribution in [0.15, 0.2) is 85.6 Å². The number of nitro groups is 2. The Kier molecular flexibility index (Phi) is 7.21. The monoisotopic (exact) mass is 485 g/mol. The van der Waals surface area contributed by atoms with Crippen molar-refractivity contribution in [1.29, 1.82) is 0 Å². The summed E-state index contributed by atoms with van der Waals surface area (Å²) in [6.45, 7) is 0. The highest BCUT2D eigenvalue weighted by atomic mass is 16.7. The number of aliphatic imine (C=N–C) groups is 2. The van der Waals surface area contributed by atoms with Crippen LogP contribution in [0, 0.1) is 20.2 Å². The van der Waals surface area contributed by atoms with Gasteiger partial charge < -0.3 is 8.83 Å². The van der Waals surface area contributed by atoms with Gasteiger partial charge in [0.15, 0.2) is 5.82 Å². The van der Waals surface area contributed by atoms with Crippen LogP contribution in [0.1, 0.15) is 11.5 Å². The molecule has 3 heterocycles. The van der Waals surface area contributed by atoms with E-state index in [-0.39, 0.29) is 35.2 Å². The Morgan fingerprint density at radius 3 is 1.64 bits per heavy atom. The molecule has 13 nitrogen and oxygen atoms in total. The van der Waals surface area contributed by atoms with Gasteiger partial charge in [0.25, 0.3) is 11.9 Å². The number of aromatic nitrogens is 3. The molecule has 1 aromatic carbocycles. The molecule has 0 aliphatic rings. The Labute approximate surface area is 202 Å². The lowest BCUT2D eigenvalue weighted by Crippen LogP contribution is -1.93. The first-order valence-electron chi connectivity index (χ1n) is 10.2. The summed E-state index contributed by atoms with van der Waals surface area (Å²) in [6.07, 6.45) is 8.83. The number of hydrogen-bond acceptors (Lipinski definition) is 11. The Morgan fingerprint density at radius 2 is 1.19 bits per heavy atom. The van der Waals surface area contributed by atoms with Crippen LogP contribution in [0.25, 0.3) is 23.5 Å². The number of nitrogens with zero attached hydrogens (tertiary/aromatic N) is 7. The maximum atomic E-state index is 10.7. The van der Waals surface area contributed by atoms with E-state index in [9.17, 15) is 20.2 Å². The summed E-state index contributed by atoms with van der Waals surface area (Å²) in [7, 11) is 0. The summed E-state index contributed by atoms with van der Waals surface area (Å²) in [5, 5.41) is 21.4. The van der Waals surface area contributed by atoms with Crippen LogP contribution in [0.4, 0.5) is 23.7 Å². The Bertz CT molecular complexity index is 1410. The molecule has 4 aromatic rings. The highest BCUT2D eigenvalue weighted by molar-refractivity contribution is 5.80. The van der Waals surface area contributed by atoms with E-state index in [4.69, 9.17) is 8.83 Å². The molecular weight excluding hydrogens is 470 g/mol. The van der Waals surface area contributed by atoms with Gasteiger partial charge in [0.1, 0.15) is 21.4 Å². The second-order valence-corrected chi connectivity index (χ2v) is 6.77. The van der Waals surface area contributed by atoms with Gasteiger partial charge >= 0.3 is 11.8 Å². The lowest BCUT2D eigenvalue weighted by Gasteiger charge is -2.01. The van der Waals surface area contributed by atoms with Crippen molar-refractivity contribution in [3.63, 3.8) is 0 Å². The van der Waals surface area contributed by atoms with E-state index in [1.807, 2.05) is 30.3 Å². The zero-order valence-electron chi connectivity index (χ0n) is 18.2. The minimum absolute atomic E-state index is 0.0803. The molecule has 0 saturated heterocycles. The minimum Gasteiger partial charge on any atom is -0.401 e. The predicted octanol–water partition coefficient (Wildman–Crippen LogP) is 5.37. The van der Waals surface area contributed by atoms with Crippen molar-refractivity contribution in [3.05, 3.63) is 98.5 Å². The van der Waals surface area contributed by atoms with E-state index in [1.54, 1.807) is 0 Å². The molecule has 0 N–H and O–H groups in total. The predicted molar refractivity (Wildman–Crippen MR) is 130 cm³/mol. The summed E-state index contributed by atoms with van der Waals surface area (Å²) in [5.41, 5.74) is 0.727. The van der Waals surface area contributed by atoms with E-state index in [1.165, 1.54) is 61.0 Å². The molecule has 0 bridgehead atoms. The lowest BCUT2D eigenvalue weighted by molar-refractivity contribution is -0.402. The zero-order chi connectivity index (χ0) is 25.3. The first-order chi connectivity index (χ1) is 17.5. The quantitative estimate of drug-likeness (QED) is 0.171. The smallest absolute Gasteiger partial charge is 0.401 e. The van der Waals surface area contributed by atoms with Crippen molar-refractivity contribution in [3.8, 4) is 11.4 Å². The van der Waals surface area contributed by atoms with Crippen molar-refractivity contribution in [2.75, 3.05) is 0 Å². The van der Waals surface area contributed by atoms with Crippen molar-refractivity contribution in [2.24, 2.45) is 9.98 Å². The standard InChI is InChI=1S/C23H15N7O6/c31-29(32)19-12-10-17(35-19)8-4-14-24-22-26-21(16-6-2-1-3-7-16)27-23(28-22)25-15-5-9-18-11-13-20(36-18)30(33)34/h1-15H/b8-4+,9-5+,24-14+,25-15+. The van der Waals surface area contributed by atoms with Crippen LogP contribution < -0.4 is 0 Å². The molecule has 0 atom stereocenters. The van der Waals surface area contributed by atoms with E-state index < -0.39 is 9.85 Å². The SMILES string of the molecule is O=[N+]([O-])c1ccc(/C=C/C=N/c2nc(/N=C/C=C/c3ccc([N+](=O)[O-])o3)nc(-c3ccccc3)n2)o1. The first kappa shape index (κ1) is 23.6. The highest BCUT2D eigenvalue weighted by Crippen LogP contribution is 2.21. The van der Waals surface area contributed by atoms with Crippen LogP contribution in [0.5, 0.6) is 0 Å². The molecule has 13 heteroatoms. The van der Waals surface area contributed by atoms with Gasteiger partial charge in [0.05, 0.1) is 12.1 Å². The van der Waals surface area contributed by atoms with E-state index in [2.05, 4.69) is 24.9 Å². The fraction of sp³-hybridized carbons (Fsp3) is 0. The maximum Gasteiger partial charge on any atom is 0.433 e. The Balaban J connectivity index is 1.53. The molecule has 0 spiro atoms. The second kappa shape index (κ2) is 11.0. The largest absolute Gasteiger partial charge is 0.433 e. The summed E-state index contributed by atoms with van der Waals surface area (Å²) in [5.74, 6) is 0.354. The van der Waals surface area contributed by atoms with Crippen LogP contribution >= 0.6 is 0 Å². The number of benzene rings is 1. The topological polar surface area (TPSA) is 176 Å². The van der Waals surface area contributed by atoms with Gasteiger partial charge in [-0.25, -0.2) is 9.98 Å². The van der Waals surface area contributed by atoms with Crippen molar-refractivity contribution < 1.29 is 18.7 Å². The molecule has 4 rings (SSSR count). The third kappa shape index (κ3) is 6.26. The highest BCUT2D eigenvalue weighted by Gasteiger charge is 2.11. The van der Waals surface area contributed by atoms with Crippen LogP contribution in [0.2, 0.25) is 0 Å². The number of rotatable bonds is 9.